The van der Waals surface area contributed by atoms with Crippen LogP contribution >= 0.6 is 0 Å². The van der Waals surface area contributed by atoms with Gasteiger partial charge in [0.2, 0.25) is 5.91 Å². The van der Waals surface area contributed by atoms with Gasteiger partial charge in [-0.05, 0) is 0 Å². The zero-order chi connectivity index (χ0) is 13.4. The number of nitrogens with zero attached hydrogens (tertiary/aromatic N) is 3. The van der Waals surface area contributed by atoms with Gasteiger partial charge >= 0.3 is 5.97 Å². The van der Waals surface area contributed by atoms with Crippen LogP contribution in [0, 0.1) is 11.3 Å². The summed E-state index contributed by atoms with van der Waals surface area (Å²) in [7, 11) is 0. The summed E-state index contributed by atoms with van der Waals surface area (Å²) in [6.45, 7) is 2.77. The van der Waals surface area contributed by atoms with Crippen molar-refractivity contribution in [2.75, 3.05) is 45.9 Å². The van der Waals surface area contributed by atoms with Crippen molar-refractivity contribution >= 4 is 11.9 Å². The van der Waals surface area contributed by atoms with E-state index in [0.29, 0.717) is 19.5 Å². The fourth-order valence-corrected chi connectivity index (χ4v) is 1.75. The Morgan fingerprint density at radius 1 is 1.22 bits per heavy atom. The highest BCUT2D eigenvalue weighted by molar-refractivity contribution is 5.78. The van der Waals surface area contributed by atoms with E-state index in [2.05, 4.69) is 11.0 Å². The Morgan fingerprint density at radius 2 is 1.89 bits per heavy atom. The van der Waals surface area contributed by atoms with Crippen molar-refractivity contribution in [1.82, 2.24) is 9.80 Å². The summed E-state index contributed by atoms with van der Waals surface area (Å²) in [5.74, 6) is -1.26. The molecule has 7 nitrogen and oxygen atoms in total. The highest BCUT2D eigenvalue weighted by Gasteiger charge is 2.20. The Morgan fingerprint density at radius 3 is 2.44 bits per heavy atom. The van der Waals surface area contributed by atoms with Gasteiger partial charge < -0.3 is 14.7 Å². The van der Waals surface area contributed by atoms with Gasteiger partial charge in [0, 0.05) is 39.1 Å². The Kier molecular flexibility index (Phi) is 6.11. The molecule has 1 rings (SSSR count). The van der Waals surface area contributed by atoms with Crippen molar-refractivity contribution in [3.05, 3.63) is 0 Å². The molecule has 0 spiro atoms. The molecule has 7 heteroatoms. The zero-order valence-electron chi connectivity index (χ0n) is 10.2. The lowest BCUT2D eigenvalue weighted by atomic mass is 10.3. The Bertz CT molecular complexity index is 332. The summed E-state index contributed by atoms with van der Waals surface area (Å²) in [6.07, 6.45) is 0.496. The third kappa shape index (κ3) is 5.12. The summed E-state index contributed by atoms with van der Waals surface area (Å²) < 4.78 is 4.75. The molecule has 0 saturated carbocycles. The van der Waals surface area contributed by atoms with Crippen LogP contribution in [0.2, 0.25) is 0 Å². The van der Waals surface area contributed by atoms with Crippen molar-refractivity contribution in [2.45, 2.75) is 6.42 Å². The molecule has 0 aromatic carbocycles. The predicted molar refractivity (Wildman–Crippen MR) is 61.7 cm³/mol. The van der Waals surface area contributed by atoms with Crippen LogP contribution in [0.25, 0.3) is 0 Å². The molecule has 1 amide bonds. The first kappa shape index (κ1) is 14.4. The molecular weight excluding hydrogens is 238 g/mol. The van der Waals surface area contributed by atoms with E-state index in [4.69, 9.17) is 15.1 Å². The number of hydrogen-bond acceptors (Lipinski definition) is 5. The SMILES string of the molecule is N#CCCN1CCN(C(=O)COCC(=O)O)CC1. The van der Waals surface area contributed by atoms with Gasteiger partial charge in [0.1, 0.15) is 13.2 Å². The number of carbonyl (C=O) groups is 2. The van der Waals surface area contributed by atoms with Crippen molar-refractivity contribution in [1.29, 1.82) is 5.26 Å². The van der Waals surface area contributed by atoms with Crippen LogP contribution in [-0.4, -0.2) is 72.7 Å². The molecule has 0 aromatic heterocycles. The molecular formula is C11H17N3O4. The first-order valence-electron chi connectivity index (χ1n) is 5.80. The average Bonchev–Trinajstić information content (AvgIpc) is 2.36. The molecule has 1 saturated heterocycles. The minimum Gasteiger partial charge on any atom is -0.480 e. The summed E-state index contributed by atoms with van der Waals surface area (Å²) in [5, 5.41) is 16.8. The smallest absolute Gasteiger partial charge is 0.329 e. The second-order valence-corrected chi connectivity index (χ2v) is 4.02. The number of nitriles is 1. The van der Waals surface area contributed by atoms with E-state index in [1.54, 1.807) is 4.90 Å². The highest BCUT2D eigenvalue weighted by Crippen LogP contribution is 2.03. The minimum absolute atomic E-state index is 0.184. The molecule has 1 fully saturated rings. The number of carboxylic acid groups (broad SMARTS) is 1. The van der Waals surface area contributed by atoms with Crippen LogP contribution in [0.3, 0.4) is 0 Å². The van der Waals surface area contributed by atoms with Crippen LogP contribution in [0.5, 0.6) is 0 Å². The molecule has 0 bridgehead atoms. The first-order chi connectivity index (χ1) is 8.63. The Balaban J connectivity index is 2.19. The number of aliphatic carboxylic acids is 1. The fraction of sp³-hybridized carbons (Fsp3) is 0.727. The molecule has 0 radical (unpaired) electrons. The number of ether oxygens (including phenoxy) is 1. The Hall–Kier alpha value is -1.65. The molecule has 0 aliphatic carbocycles. The quantitative estimate of drug-likeness (QED) is 0.664. The summed E-state index contributed by atoms with van der Waals surface area (Å²) in [6, 6.07) is 2.09. The Labute approximate surface area is 106 Å². The average molecular weight is 255 g/mol. The molecule has 1 heterocycles. The van der Waals surface area contributed by atoms with Gasteiger partial charge in [0.25, 0.3) is 0 Å². The molecule has 1 N–H and O–H groups in total. The summed E-state index contributed by atoms with van der Waals surface area (Å²) in [4.78, 5) is 25.6. The number of carboxylic acids is 1. The minimum atomic E-state index is -1.08. The summed E-state index contributed by atoms with van der Waals surface area (Å²) >= 11 is 0. The normalized spacial score (nSPS) is 16.3. The monoisotopic (exact) mass is 255 g/mol. The zero-order valence-corrected chi connectivity index (χ0v) is 10.2. The third-order valence-electron chi connectivity index (χ3n) is 2.72. The third-order valence-corrected chi connectivity index (χ3v) is 2.72. The van der Waals surface area contributed by atoms with E-state index < -0.39 is 12.6 Å². The van der Waals surface area contributed by atoms with Gasteiger partial charge in [0.15, 0.2) is 0 Å². The number of piperazine rings is 1. The summed E-state index contributed by atoms with van der Waals surface area (Å²) in [5.41, 5.74) is 0. The molecule has 1 aliphatic rings. The number of hydrogen-bond donors (Lipinski definition) is 1. The number of rotatable bonds is 6. The standard InChI is InChI=1S/C11H17N3O4/c12-2-1-3-13-4-6-14(7-5-13)10(15)8-18-9-11(16)17/h1,3-9H2,(H,16,17). The van der Waals surface area contributed by atoms with Crippen molar-refractivity contribution in [3.8, 4) is 6.07 Å². The molecule has 0 aromatic rings. The van der Waals surface area contributed by atoms with Crippen LogP contribution in [-0.2, 0) is 14.3 Å². The lowest BCUT2D eigenvalue weighted by molar-refractivity contribution is -0.146. The second kappa shape index (κ2) is 7.63. The molecule has 0 atom stereocenters. The van der Waals surface area contributed by atoms with Crippen LogP contribution in [0.15, 0.2) is 0 Å². The lowest BCUT2D eigenvalue weighted by Gasteiger charge is -2.34. The van der Waals surface area contributed by atoms with Gasteiger partial charge in [-0.1, -0.05) is 0 Å². The maximum absolute atomic E-state index is 11.6. The van der Waals surface area contributed by atoms with E-state index in [9.17, 15) is 9.59 Å². The van der Waals surface area contributed by atoms with Gasteiger partial charge in [0.05, 0.1) is 6.07 Å². The molecule has 1 aliphatic heterocycles. The van der Waals surface area contributed by atoms with Crippen molar-refractivity contribution < 1.29 is 19.4 Å². The topological polar surface area (TPSA) is 93.9 Å². The number of carbonyl (C=O) groups excluding carboxylic acids is 1. The van der Waals surface area contributed by atoms with Crippen molar-refractivity contribution in [2.24, 2.45) is 0 Å². The van der Waals surface area contributed by atoms with Gasteiger partial charge in [-0.25, -0.2) is 4.79 Å². The van der Waals surface area contributed by atoms with Crippen LogP contribution in [0.1, 0.15) is 6.42 Å². The van der Waals surface area contributed by atoms with Crippen LogP contribution in [0.4, 0.5) is 0 Å². The van der Waals surface area contributed by atoms with E-state index in [1.807, 2.05) is 0 Å². The van der Waals surface area contributed by atoms with E-state index in [0.717, 1.165) is 19.6 Å². The highest BCUT2D eigenvalue weighted by atomic mass is 16.5. The van der Waals surface area contributed by atoms with E-state index in [-0.39, 0.29) is 12.5 Å². The fourth-order valence-electron chi connectivity index (χ4n) is 1.75. The molecule has 0 unspecified atom stereocenters. The van der Waals surface area contributed by atoms with Gasteiger partial charge in [-0.15, -0.1) is 0 Å². The molecule has 18 heavy (non-hydrogen) atoms. The lowest BCUT2D eigenvalue weighted by Crippen LogP contribution is -2.49. The van der Waals surface area contributed by atoms with E-state index >= 15 is 0 Å². The maximum Gasteiger partial charge on any atom is 0.329 e. The van der Waals surface area contributed by atoms with Gasteiger partial charge in [-0.3, -0.25) is 9.69 Å². The molecule has 100 valence electrons. The number of amides is 1. The first-order valence-corrected chi connectivity index (χ1v) is 5.80. The predicted octanol–water partition coefficient (Wildman–Crippen LogP) is -0.855. The van der Waals surface area contributed by atoms with Crippen LogP contribution < -0.4 is 0 Å². The largest absolute Gasteiger partial charge is 0.480 e. The van der Waals surface area contributed by atoms with Gasteiger partial charge in [-0.2, -0.15) is 5.26 Å². The van der Waals surface area contributed by atoms with E-state index in [1.165, 1.54) is 0 Å². The van der Waals surface area contributed by atoms with Crippen molar-refractivity contribution in [3.63, 3.8) is 0 Å². The second-order valence-electron chi connectivity index (χ2n) is 4.02. The maximum atomic E-state index is 11.6.